The van der Waals surface area contributed by atoms with Crippen molar-refractivity contribution in [1.82, 2.24) is 15.3 Å². The van der Waals surface area contributed by atoms with Gasteiger partial charge in [0, 0.05) is 60.4 Å². The molecule has 1 aliphatic rings. The van der Waals surface area contributed by atoms with Crippen LogP contribution in [0.4, 0.5) is 11.5 Å². The number of hydrogen-bond donors (Lipinski definition) is 4. The van der Waals surface area contributed by atoms with E-state index < -0.39 is 0 Å². The predicted octanol–water partition coefficient (Wildman–Crippen LogP) is 2.90. The molecule has 1 aliphatic heterocycles. The Morgan fingerprint density at radius 3 is 2.56 bits per heavy atom. The minimum Gasteiger partial charge on any atom is -0.389 e. The van der Waals surface area contributed by atoms with Crippen LogP contribution in [0.3, 0.4) is 0 Å². The molecule has 8 nitrogen and oxygen atoms in total. The number of nitrogens with zero attached hydrogens (tertiary/aromatic N) is 2. The van der Waals surface area contributed by atoms with Crippen LogP contribution in [0.15, 0.2) is 41.3 Å². The van der Waals surface area contributed by atoms with Gasteiger partial charge in [-0.1, -0.05) is 0 Å². The zero-order chi connectivity index (χ0) is 24.4. The van der Waals surface area contributed by atoms with Crippen LogP contribution in [0.2, 0.25) is 0 Å². The number of nitrogens with one attached hydrogen (secondary N) is 3. The number of aryl methyl sites for hydroxylation is 2. The van der Waals surface area contributed by atoms with Gasteiger partial charge in [-0.15, -0.1) is 0 Å². The van der Waals surface area contributed by atoms with Gasteiger partial charge in [0.25, 0.3) is 11.5 Å². The lowest BCUT2D eigenvalue weighted by molar-refractivity contribution is 0.0950. The molecule has 8 heteroatoms. The van der Waals surface area contributed by atoms with Crippen LogP contribution >= 0.6 is 0 Å². The predicted molar refractivity (Wildman–Crippen MR) is 135 cm³/mol. The Morgan fingerprint density at radius 2 is 1.94 bits per heavy atom. The van der Waals surface area contributed by atoms with Gasteiger partial charge in [0.15, 0.2) is 0 Å². The number of H-pyrrole nitrogens is 1. The summed E-state index contributed by atoms with van der Waals surface area (Å²) in [5.41, 5.74) is 6.05. The van der Waals surface area contributed by atoms with E-state index in [1.54, 1.807) is 6.20 Å². The first-order valence-electron chi connectivity index (χ1n) is 11.5. The Hall–Kier alpha value is -3.65. The van der Waals surface area contributed by atoms with Gasteiger partial charge in [-0.3, -0.25) is 9.59 Å². The molecule has 4 rings (SSSR count). The fraction of sp³-hybridized carbons (Fsp3) is 0.346. The molecule has 1 saturated heterocycles. The topological polar surface area (TPSA) is 110 Å². The number of amides is 1. The van der Waals surface area contributed by atoms with Gasteiger partial charge in [0.05, 0.1) is 6.10 Å². The molecular formula is C26H31N5O3. The zero-order valence-electron chi connectivity index (χ0n) is 20.0. The van der Waals surface area contributed by atoms with E-state index in [0.29, 0.717) is 24.2 Å². The van der Waals surface area contributed by atoms with Gasteiger partial charge >= 0.3 is 0 Å². The van der Waals surface area contributed by atoms with E-state index in [1.807, 2.05) is 62.9 Å². The van der Waals surface area contributed by atoms with Crippen molar-refractivity contribution in [2.45, 2.75) is 40.3 Å². The highest BCUT2D eigenvalue weighted by molar-refractivity contribution is 5.98. The molecule has 0 spiro atoms. The van der Waals surface area contributed by atoms with Gasteiger partial charge in [0.2, 0.25) is 0 Å². The van der Waals surface area contributed by atoms with Crippen LogP contribution < -0.4 is 21.1 Å². The quantitative estimate of drug-likeness (QED) is 0.431. The molecule has 2 aromatic heterocycles. The lowest BCUT2D eigenvalue weighted by Gasteiger charge is -2.36. The molecule has 0 radical (unpaired) electrons. The van der Waals surface area contributed by atoms with Crippen molar-refractivity contribution in [1.29, 1.82) is 0 Å². The van der Waals surface area contributed by atoms with Crippen molar-refractivity contribution in [3.05, 3.63) is 74.8 Å². The number of benzene rings is 1. The first-order valence-corrected chi connectivity index (χ1v) is 11.5. The number of carbonyl (C=O) groups excluding carboxylic acids is 1. The molecule has 34 heavy (non-hydrogen) atoms. The second-order valence-corrected chi connectivity index (χ2v) is 8.82. The smallest absolute Gasteiger partial charge is 0.253 e. The summed E-state index contributed by atoms with van der Waals surface area (Å²) < 4.78 is 0. The lowest BCUT2D eigenvalue weighted by atomic mass is 9.98. The maximum absolute atomic E-state index is 13.2. The Balaban J connectivity index is 1.60. The molecule has 0 unspecified atom stereocenters. The number of aliphatic hydroxyl groups excluding tert-OH is 1. The van der Waals surface area contributed by atoms with Gasteiger partial charge in [0.1, 0.15) is 5.82 Å². The summed E-state index contributed by atoms with van der Waals surface area (Å²) >= 11 is 0. The molecule has 178 valence electrons. The Morgan fingerprint density at radius 1 is 1.18 bits per heavy atom. The molecule has 0 saturated carbocycles. The molecule has 1 fully saturated rings. The van der Waals surface area contributed by atoms with Crippen molar-refractivity contribution in [3.8, 4) is 11.1 Å². The molecule has 1 aromatic carbocycles. The van der Waals surface area contributed by atoms with Crippen molar-refractivity contribution in [3.63, 3.8) is 0 Å². The molecule has 4 N–H and O–H groups in total. The normalized spacial score (nSPS) is 13.5. The molecule has 0 bridgehead atoms. The van der Waals surface area contributed by atoms with Gasteiger partial charge in [-0.05, 0) is 74.7 Å². The third-order valence-electron chi connectivity index (χ3n) is 6.21. The number of aliphatic hydroxyl groups is 1. The third kappa shape index (κ3) is 4.82. The standard InChI is InChI=1S/C26H31N5O3/c1-5-27-23-10-19(18-6-7-24(28-11-18)31-13-20(32)14-31)9-21(17(23)4)25(33)29-12-22-15(2)8-16(3)30-26(22)34/h6-11,20,27,32H,5,12-14H2,1-4H3,(H,29,33)(H,30,34). The molecule has 0 atom stereocenters. The molecule has 0 aliphatic carbocycles. The van der Waals surface area contributed by atoms with Crippen LogP contribution in [-0.2, 0) is 6.54 Å². The van der Waals surface area contributed by atoms with E-state index in [2.05, 4.69) is 20.6 Å². The second kappa shape index (κ2) is 9.69. The fourth-order valence-corrected chi connectivity index (χ4v) is 4.24. The highest BCUT2D eigenvalue weighted by Gasteiger charge is 2.25. The first-order chi connectivity index (χ1) is 16.3. The average molecular weight is 462 g/mol. The van der Waals surface area contributed by atoms with Gasteiger partial charge in [-0.25, -0.2) is 4.98 Å². The number of anilines is 2. The fourth-order valence-electron chi connectivity index (χ4n) is 4.24. The number of β-amino-alcohol motifs (C(OH)–C–C–N with tert-alkyl or cyclic N) is 1. The van der Waals surface area contributed by atoms with Crippen LogP contribution in [0.1, 0.15) is 39.7 Å². The van der Waals surface area contributed by atoms with Crippen LogP contribution in [0.5, 0.6) is 0 Å². The molecule has 1 amide bonds. The van der Waals surface area contributed by atoms with E-state index >= 15 is 0 Å². The van der Waals surface area contributed by atoms with Crippen molar-refractivity contribution >= 4 is 17.4 Å². The average Bonchev–Trinajstić information content (AvgIpc) is 2.77. The third-order valence-corrected chi connectivity index (χ3v) is 6.21. The van der Waals surface area contributed by atoms with Crippen LogP contribution in [-0.4, -0.2) is 46.7 Å². The summed E-state index contributed by atoms with van der Waals surface area (Å²) in [6, 6.07) is 9.69. The summed E-state index contributed by atoms with van der Waals surface area (Å²) in [4.78, 5) is 34.9. The van der Waals surface area contributed by atoms with Crippen molar-refractivity contribution < 1.29 is 9.90 Å². The highest BCUT2D eigenvalue weighted by Crippen LogP contribution is 2.30. The zero-order valence-corrected chi connectivity index (χ0v) is 20.0. The molecule has 3 heterocycles. The SMILES string of the molecule is CCNc1cc(-c2ccc(N3CC(O)C3)nc2)cc(C(=O)NCc2c(C)cc(C)[nH]c2=O)c1C. The summed E-state index contributed by atoms with van der Waals surface area (Å²) in [6.45, 7) is 9.69. The van der Waals surface area contributed by atoms with Crippen LogP contribution in [0, 0.1) is 20.8 Å². The Bertz CT molecular complexity index is 1260. The first kappa shape index (κ1) is 23.5. The lowest BCUT2D eigenvalue weighted by Crippen LogP contribution is -2.51. The van der Waals surface area contributed by atoms with E-state index in [0.717, 1.165) is 46.0 Å². The summed E-state index contributed by atoms with van der Waals surface area (Å²) in [6.07, 6.45) is 1.50. The minimum absolute atomic E-state index is 0.151. The minimum atomic E-state index is -0.290. The second-order valence-electron chi connectivity index (χ2n) is 8.82. The Labute approximate surface area is 199 Å². The van der Waals surface area contributed by atoms with E-state index in [-0.39, 0.29) is 24.1 Å². The van der Waals surface area contributed by atoms with E-state index in [4.69, 9.17) is 0 Å². The molecular weight excluding hydrogens is 430 g/mol. The number of aromatic amines is 1. The summed E-state index contributed by atoms with van der Waals surface area (Å²) in [5.74, 6) is 0.585. The monoisotopic (exact) mass is 461 g/mol. The largest absolute Gasteiger partial charge is 0.389 e. The maximum atomic E-state index is 13.2. The number of hydrogen-bond acceptors (Lipinski definition) is 6. The number of pyridine rings is 2. The van der Waals surface area contributed by atoms with Crippen LogP contribution in [0.25, 0.3) is 11.1 Å². The van der Waals surface area contributed by atoms with E-state index in [1.165, 1.54) is 0 Å². The van der Waals surface area contributed by atoms with Gasteiger partial charge < -0.3 is 25.6 Å². The number of aromatic nitrogens is 2. The Kier molecular flexibility index (Phi) is 6.70. The highest BCUT2D eigenvalue weighted by atomic mass is 16.3. The molecule has 3 aromatic rings. The summed E-state index contributed by atoms with van der Waals surface area (Å²) in [7, 11) is 0. The van der Waals surface area contributed by atoms with Crippen molar-refractivity contribution in [2.75, 3.05) is 29.9 Å². The van der Waals surface area contributed by atoms with E-state index in [9.17, 15) is 14.7 Å². The summed E-state index contributed by atoms with van der Waals surface area (Å²) in [5, 5.41) is 15.8. The van der Waals surface area contributed by atoms with Crippen molar-refractivity contribution in [2.24, 2.45) is 0 Å². The van der Waals surface area contributed by atoms with Gasteiger partial charge in [-0.2, -0.15) is 0 Å². The number of rotatable bonds is 7. The number of carbonyl (C=O) groups is 1. The maximum Gasteiger partial charge on any atom is 0.253 e.